The van der Waals surface area contributed by atoms with Crippen LogP contribution in [0.3, 0.4) is 0 Å². The Morgan fingerprint density at radius 2 is 1.86 bits per heavy atom. The van der Waals surface area contributed by atoms with Crippen LogP contribution in [0.5, 0.6) is 0 Å². The molecular weight excluding hydrogens is 386 g/mol. The molecule has 2 N–H and O–H groups in total. The fraction of sp³-hybridized carbons (Fsp3) is 0.318. The Morgan fingerprint density at radius 3 is 2.55 bits per heavy atom. The van der Waals surface area contributed by atoms with Crippen LogP contribution in [0.2, 0.25) is 0 Å². The highest BCUT2D eigenvalue weighted by Gasteiger charge is 2.20. The number of para-hydroxylation sites is 2. The van der Waals surface area contributed by atoms with Crippen molar-refractivity contribution in [2.24, 2.45) is 0 Å². The van der Waals surface area contributed by atoms with Crippen LogP contribution in [0.4, 0.5) is 5.69 Å². The zero-order chi connectivity index (χ0) is 21.0. The molecule has 0 aliphatic rings. The van der Waals surface area contributed by atoms with Crippen LogP contribution in [0, 0.1) is 13.8 Å². The highest BCUT2D eigenvalue weighted by atomic mass is 32.2. The van der Waals surface area contributed by atoms with Gasteiger partial charge in [0.1, 0.15) is 0 Å². The number of aryl methyl sites for hydroxylation is 2. The fourth-order valence-corrected chi connectivity index (χ4v) is 4.05. The summed E-state index contributed by atoms with van der Waals surface area (Å²) in [6.45, 7) is 6.04. The number of anilines is 1. The first-order valence-electron chi connectivity index (χ1n) is 9.56. The smallest absolute Gasteiger partial charge is 0.262 e. The Morgan fingerprint density at radius 1 is 1.17 bits per heavy atom. The monoisotopic (exact) mass is 411 g/mol. The van der Waals surface area contributed by atoms with E-state index in [0.29, 0.717) is 29.0 Å². The number of nitrogens with zero attached hydrogens (tertiary/aromatic N) is 2. The third kappa shape index (κ3) is 4.68. The molecule has 0 aliphatic heterocycles. The van der Waals surface area contributed by atoms with Crippen LogP contribution in [-0.4, -0.2) is 32.4 Å². The van der Waals surface area contributed by atoms with E-state index in [9.17, 15) is 14.7 Å². The Kier molecular flexibility index (Phi) is 6.71. The van der Waals surface area contributed by atoms with Crippen molar-refractivity contribution < 1.29 is 9.90 Å². The lowest BCUT2D eigenvalue weighted by Crippen LogP contribution is -2.27. The van der Waals surface area contributed by atoms with Crippen molar-refractivity contribution in [3.8, 4) is 0 Å². The SMILES string of the molecule is Cc1cccc(C)c1NC(=O)[C@@H](C)Sc1nc2ccccc2c(=O)n1CCCO. The molecule has 3 aromatic rings. The molecule has 7 heteroatoms. The van der Waals surface area contributed by atoms with Gasteiger partial charge in [0.2, 0.25) is 5.91 Å². The topological polar surface area (TPSA) is 84.2 Å². The summed E-state index contributed by atoms with van der Waals surface area (Å²) >= 11 is 1.25. The quantitative estimate of drug-likeness (QED) is 0.459. The molecule has 0 spiro atoms. The Balaban J connectivity index is 1.89. The standard InChI is InChI=1S/C22H25N3O3S/c1-14-8-6-9-15(2)19(14)24-20(27)16(3)29-22-23-18-11-5-4-10-17(18)21(28)25(22)12-7-13-26/h4-6,8-11,16,26H,7,12-13H2,1-3H3,(H,24,27)/t16-/m1/s1. The summed E-state index contributed by atoms with van der Waals surface area (Å²) < 4.78 is 1.55. The number of nitrogens with one attached hydrogen (secondary N) is 1. The largest absolute Gasteiger partial charge is 0.396 e. The zero-order valence-corrected chi connectivity index (χ0v) is 17.6. The minimum atomic E-state index is -0.456. The van der Waals surface area contributed by atoms with E-state index in [-0.39, 0.29) is 18.1 Å². The lowest BCUT2D eigenvalue weighted by molar-refractivity contribution is -0.115. The van der Waals surface area contributed by atoms with Gasteiger partial charge in [0, 0.05) is 18.8 Å². The van der Waals surface area contributed by atoms with Gasteiger partial charge in [-0.25, -0.2) is 4.98 Å². The van der Waals surface area contributed by atoms with Gasteiger partial charge < -0.3 is 10.4 Å². The summed E-state index contributed by atoms with van der Waals surface area (Å²) in [5.74, 6) is -0.150. The van der Waals surface area contributed by atoms with Crippen molar-refractivity contribution in [2.45, 2.75) is 44.1 Å². The zero-order valence-electron chi connectivity index (χ0n) is 16.8. The predicted octanol–water partition coefficient (Wildman–Crippen LogP) is 3.52. The summed E-state index contributed by atoms with van der Waals surface area (Å²) in [5, 5.41) is 12.8. The molecule has 0 saturated heterocycles. The maximum Gasteiger partial charge on any atom is 0.262 e. The van der Waals surface area contributed by atoms with Crippen LogP contribution in [0.1, 0.15) is 24.5 Å². The summed E-state index contributed by atoms with van der Waals surface area (Å²) in [6.07, 6.45) is 0.441. The molecule has 0 fully saturated rings. The fourth-order valence-electron chi connectivity index (χ4n) is 3.11. The van der Waals surface area contributed by atoms with Crippen molar-refractivity contribution in [1.29, 1.82) is 0 Å². The van der Waals surface area contributed by atoms with E-state index < -0.39 is 5.25 Å². The molecule has 0 unspecified atom stereocenters. The number of aliphatic hydroxyl groups is 1. The second kappa shape index (κ2) is 9.24. The van der Waals surface area contributed by atoms with Crippen LogP contribution in [-0.2, 0) is 11.3 Å². The van der Waals surface area contributed by atoms with Crippen molar-refractivity contribution in [2.75, 3.05) is 11.9 Å². The van der Waals surface area contributed by atoms with E-state index in [1.165, 1.54) is 11.8 Å². The van der Waals surface area contributed by atoms with Gasteiger partial charge in [-0.05, 0) is 50.5 Å². The number of rotatable bonds is 7. The number of hydrogen-bond donors (Lipinski definition) is 2. The molecule has 0 bridgehead atoms. The Hall–Kier alpha value is -2.64. The maximum absolute atomic E-state index is 12.9. The second-order valence-electron chi connectivity index (χ2n) is 6.96. The van der Waals surface area contributed by atoms with Crippen LogP contribution in [0.15, 0.2) is 52.4 Å². The van der Waals surface area contributed by atoms with E-state index >= 15 is 0 Å². The molecular formula is C22H25N3O3S. The van der Waals surface area contributed by atoms with Gasteiger partial charge >= 0.3 is 0 Å². The van der Waals surface area contributed by atoms with Crippen LogP contribution in [0.25, 0.3) is 10.9 Å². The average molecular weight is 412 g/mol. The molecule has 0 radical (unpaired) electrons. The number of fused-ring (bicyclic) bond motifs is 1. The Bertz CT molecular complexity index is 1070. The molecule has 2 aromatic carbocycles. The molecule has 6 nitrogen and oxygen atoms in total. The summed E-state index contributed by atoms with van der Waals surface area (Å²) in [6, 6.07) is 13.0. The summed E-state index contributed by atoms with van der Waals surface area (Å²) in [5.41, 5.74) is 3.25. The van der Waals surface area contributed by atoms with Crippen LogP contribution < -0.4 is 10.9 Å². The number of benzene rings is 2. The first-order chi connectivity index (χ1) is 13.9. The van der Waals surface area contributed by atoms with Crippen molar-refractivity contribution in [3.63, 3.8) is 0 Å². The lowest BCUT2D eigenvalue weighted by atomic mass is 10.1. The molecule has 1 atom stereocenters. The maximum atomic E-state index is 12.9. The second-order valence-corrected chi connectivity index (χ2v) is 8.27. The molecule has 1 heterocycles. The number of amides is 1. The van der Waals surface area contributed by atoms with Gasteiger partial charge in [-0.2, -0.15) is 0 Å². The average Bonchev–Trinajstić information content (AvgIpc) is 2.70. The van der Waals surface area contributed by atoms with E-state index in [1.807, 2.05) is 38.1 Å². The summed E-state index contributed by atoms with van der Waals surface area (Å²) in [4.78, 5) is 30.3. The van der Waals surface area contributed by atoms with E-state index in [0.717, 1.165) is 16.8 Å². The number of hydrogen-bond acceptors (Lipinski definition) is 5. The summed E-state index contributed by atoms with van der Waals surface area (Å²) in [7, 11) is 0. The first-order valence-corrected chi connectivity index (χ1v) is 10.4. The van der Waals surface area contributed by atoms with E-state index in [1.54, 1.807) is 29.7 Å². The third-order valence-electron chi connectivity index (χ3n) is 4.75. The minimum Gasteiger partial charge on any atom is -0.396 e. The highest BCUT2D eigenvalue weighted by Crippen LogP contribution is 2.25. The molecule has 1 aromatic heterocycles. The number of thioether (sulfide) groups is 1. The van der Waals surface area contributed by atoms with Crippen LogP contribution >= 0.6 is 11.8 Å². The highest BCUT2D eigenvalue weighted by molar-refractivity contribution is 8.00. The van der Waals surface area contributed by atoms with Crippen molar-refractivity contribution in [1.82, 2.24) is 9.55 Å². The van der Waals surface area contributed by atoms with Gasteiger partial charge in [0.15, 0.2) is 5.16 Å². The molecule has 152 valence electrons. The molecule has 0 saturated carbocycles. The van der Waals surface area contributed by atoms with E-state index in [4.69, 9.17) is 0 Å². The van der Waals surface area contributed by atoms with Gasteiger partial charge in [0.25, 0.3) is 5.56 Å². The minimum absolute atomic E-state index is 0.0219. The van der Waals surface area contributed by atoms with Gasteiger partial charge in [-0.1, -0.05) is 42.1 Å². The predicted molar refractivity (Wildman–Crippen MR) is 118 cm³/mol. The van der Waals surface area contributed by atoms with E-state index in [2.05, 4.69) is 10.3 Å². The number of aromatic nitrogens is 2. The normalized spacial score (nSPS) is 12.1. The molecule has 29 heavy (non-hydrogen) atoms. The Labute approximate surface area is 174 Å². The lowest BCUT2D eigenvalue weighted by Gasteiger charge is -2.17. The number of carbonyl (C=O) groups is 1. The molecule has 3 rings (SSSR count). The van der Waals surface area contributed by atoms with Gasteiger partial charge in [0.05, 0.1) is 16.2 Å². The van der Waals surface area contributed by atoms with Crippen molar-refractivity contribution in [3.05, 3.63) is 63.9 Å². The molecule has 1 amide bonds. The van der Waals surface area contributed by atoms with Gasteiger partial charge in [-0.15, -0.1) is 0 Å². The first kappa shape index (κ1) is 21.1. The molecule has 0 aliphatic carbocycles. The number of aliphatic hydroxyl groups excluding tert-OH is 1. The van der Waals surface area contributed by atoms with Gasteiger partial charge in [-0.3, -0.25) is 14.2 Å². The third-order valence-corrected chi connectivity index (χ3v) is 5.84. The number of carbonyl (C=O) groups excluding carboxylic acids is 1. The van der Waals surface area contributed by atoms with Crippen molar-refractivity contribution >= 4 is 34.3 Å².